The molecule has 0 aliphatic heterocycles. The molecule has 9 heteroatoms. The lowest BCUT2D eigenvalue weighted by Crippen LogP contribution is -2.13. The molecule has 0 aliphatic carbocycles. The van der Waals surface area contributed by atoms with Crippen LogP contribution in [0.4, 0.5) is 18.9 Å². The number of anilines is 1. The van der Waals surface area contributed by atoms with E-state index < -0.39 is 17.6 Å². The van der Waals surface area contributed by atoms with Gasteiger partial charge in [0.15, 0.2) is 4.96 Å². The van der Waals surface area contributed by atoms with Crippen molar-refractivity contribution in [3.05, 3.63) is 75.9 Å². The molecule has 2 aromatic heterocycles. The van der Waals surface area contributed by atoms with Crippen LogP contribution in [0.3, 0.4) is 0 Å². The number of halogens is 4. The Bertz CT molecular complexity index is 1220. The predicted octanol–water partition coefficient (Wildman–Crippen LogP) is 6.30. The minimum Gasteiger partial charge on any atom is -0.320 e. The first-order valence-corrected chi connectivity index (χ1v) is 9.65. The number of imidazole rings is 1. The van der Waals surface area contributed by atoms with E-state index in [0.717, 1.165) is 40.8 Å². The Kier molecular flexibility index (Phi) is 4.84. The van der Waals surface area contributed by atoms with E-state index in [4.69, 9.17) is 11.6 Å². The van der Waals surface area contributed by atoms with Crippen molar-refractivity contribution in [3.8, 4) is 11.3 Å². The monoisotopic (exact) mass is 435 g/mol. The average Bonchev–Trinajstić information content (AvgIpc) is 3.23. The van der Waals surface area contributed by atoms with E-state index >= 15 is 0 Å². The van der Waals surface area contributed by atoms with Crippen molar-refractivity contribution in [2.45, 2.75) is 13.1 Å². The summed E-state index contributed by atoms with van der Waals surface area (Å²) in [6.45, 7) is 1.75. The van der Waals surface area contributed by atoms with Gasteiger partial charge in [-0.3, -0.25) is 9.20 Å². The van der Waals surface area contributed by atoms with Crippen molar-refractivity contribution in [1.29, 1.82) is 0 Å². The lowest BCUT2D eigenvalue weighted by Gasteiger charge is -2.11. The first kappa shape index (κ1) is 19.5. The zero-order valence-electron chi connectivity index (χ0n) is 14.9. The molecule has 0 bridgehead atoms. The largest absolute Gasteiger partial charge is 0.416 e. The number of benzene rings is 2. The molecule has 29 heavy (non-hydrogen) atoms. The zero-order valence-corrected chi connectivity index (χ0v) is 16.5. The third-order valence-corrected chi connectivity index (χ3v) is 5.86. The molecule has 0 aliphatic rings. The molecular weight excluding hydrogens is 423 g/mol. The highest BCUT2D eigenvalue weighted by Crippen LogP contribution is 2.34. The Morgan fingerprint density at radius 3 is 2.55 bits per heavy atom. The number of aryl methyl sites for hydroxylation is 1. The summed E-state index contributed by atoms with van der Waals surface area (Å²) in [7, 11) is 0. The third kappa shape index (κ3) is 3.73. The van der Waals surface area contributed by atoms with E-state index in [0.29, 0.717) is 15.5 Å². The lowest BCUT2D eigenvalue weighted by molar-refractivity contribution is -0.137. The lowest BCUT2D eigenvalue weighted by atomic mass is 10.2. The topological polar surface area (TPSA) is 46.4 Å². The number of hydrogen-bond acceptors (Lipinski definition) is 3. The van der Waals surface area contributed by atoms with Crippen LogP contribution in [0.1, 0.15) is 20.9 Å². The van der Waals surface area contributed by atoms with Gasteiger partial charge in [0.2, 0.25) is 0 Å². The summed E-state index contributed by atoms with van der Waals surface area (Å²) in [5, 5.41) is 2.50. The Morgan fingerprint density at radius 1 is 1.17 bits per heavy atom. The summed E-state index contributed by atoms with van der Waals surface area (Å²) in [5.74, 6) is -0.541. The van der Waals surface area contributed by atoms with E-state index in [2.05, 4.69) is 10.3 Å². The molecule has 4 aromatic rings. The van der Waals surface area contributed by atoms with Crippen LogP contribution in [0, 0.1) is 6.92 Å². The number of thiazole rings is 1. The van der Waals surface area contributed by atoms with Gasteiger partial charge in [-0.05, 0) is 25.1 Å². The Morgan fingerprint density at radius 2 is 1.90 bits per heavy atom. The molecule has 1 amide bonds. The molecule has 4 rings (SSSR count). The minimum absolute atomic E-state index is 0.0247. The first-order chi connectivity index (χ1) is 13.7. The number of hydrogen-bond donors (Lipinski definition) is 1. The molecule has 0 radical (unpaired) electrons. The molecule has 0 atom stereocenters. The zero-order chi connectivity index (χ0) is 20.8. The fourth-order valence-corrected chi connectivity index (χ4v) is 4.05. The van der Waals surface area contributed by atoms with E-state index in [1.54, 1.807) is 11.3 Å². The smallest absolute Gasteiger partial charge is 0.320 e. The molecular formula is C20H13ClF3N3OS. The quantitative estimate of drug-likeness (QED) is 0.410. The summed E-state index contributed by atoms with van der Waals surface area (Å²) in [4.78, 5) is 18.2. The third-order valence-electron chi connectivity index (χ3n) is 4.37. The van der Waals surface area contributed by atoms with Crippen LogP contribution in [0.25, 0.3) is 16.2 Å². The van der Waals surface area contributed by atoms with Crippen LogP contribution in [0.2, 0.25) is 5.02 Å². The normalized spacial score (nSPS) is 11.8. The van der Waals surface area contributed by atoms with Crippen molar-refractivity contribution in [3.63, 3.8) is 0 Å². The fraction of sp³-hybridized carbons (Fsp3) is 0.100. The van der Waals surface area contributed by atoms with Gasteiger partial charge in [0.05, 0.1) is 22.0 Å². The number of nitrogens with zero attached hydrogens (tertiary/aromatic N) is 2. The number of alkyl halides is 3. The van der Waals surface area contributed by atoms with Crippen LogP contribution in [-0.2, 0) is 6.18 Å². The van der Waals surface area contributed by atoms with Crippen LogP contribution in [-0.4, -0.2) is 15.3 Å². The maximum atomic E-state index is 12.9. The van der Waals surface area contributed by atoms with E-state index in [-0.39, 0.29) is 10.7 Å². The number of carbonyl (C=O) groups is 1. The summed E-state index contributed by atoms with van der Waals surface area (Å²) in [6.07, 6.45) is -2.71. The van der Waals surface area contributed by atoms with E-state index in [1.807, 2.05) is 36.5 Å². The number of nitrogens with one attached hydrogen (secondary N) is 1. The Labute approximate surface area is 172 Å². The summed E-state index contributed by atoms with van der Waals surface area (Å²) in [6, 6.07) is 12.4. The van der Waals surface area contributed by atoms with Gasteiger partial charge in [-0.15, -0.1) is 0 Å². The molecule has 0 saturated carbocycles. The highest BCUT2D eigenvalue weighted by Gasteiger charge is 2.31. The van der Waals surface area contributed by atoms with E-state index in [1.165, 1.54) is 0 Å². The Balaban J connectivity index is 1.65. The van der Waals surface area contributed by atoms with Gasteiger partial charge >= 0.3 is 6.18 Å². The van der Waals surface area contributed by atoms with Crippen LogP contribution in [0.15, 0.2) is 54.7 Å². The van der Waals surface area contributed by atoms with Crippen molar-refractivity contribution < 1.29 is 18.0 Å². The first-order valence-electron chi connectivity index (χ1n) is 8.46. The molecule has 0 saturated heterocycles. The van der Waals surface area contributed by atoms with Crippen molar-refractivity contribution in [2.75, 3.05) is 5.32 Å². The van der Waals surface area contributed by atoms with Gasteiger partial charge < -0.3 is 5.32 Å². The van der Waals surface area contributed by atoms with Gasteiger partial charge in [-0.25, -0.2) is 4.98 Å². The van der Waals surface area contributed by atoms with Gasteiger partial charge in [0.1, 0.15) is 4.88 Å². The number of carbonyl (C=O) groups excluding carboxylic acids is 1. The average molecular weight is 436 g/mol. The number of rotatable bonds is 3. The molecule has 2 heterocycles. The molecule has 0 fully saturated rings. The fourth-order valence-electron chi connectivity index (χ4n) is 2.89. The van der Waals surface area contributed by atoms with Gasteiger partial charge in [-0.1, -0.05) is 53.3 Å². The predicted molar refractivity (Wildman–Crippen MR) is 108 cm³/mol. The maximum absolute atomic E-state index is 12.9. The standard InChI is InChI=1S/C20H13ClF3N3OS/c1-11-17(18(28)25-15-9-13(20(22,23)24)7-8-14(15)21)29-19-26-16(10-27(11)19)12-5-3-2-4-6-12/h2-10H,1H3,(H,25,28). The molecule has 0 unspecified atom stereocenters. The second-order valence-corrected chi connectivity index (χ2v) is 7.69. The SMILES string of the molecule is Cc1c(C(=O)Nc2cc(C(F)(F)F)ccc2Cl)sc2nc(-c3ccccc3)cn12. The molecule has 148 valence electrons. The second-order valence-electron chi connectivity index (χ2n) is 6.31. The van der Waals surface area contributed by atoms with Crippen LogP contribution < -0.4 is 5.32 Å². The van der Waals surface area contributed by atoms with Crippen molar-refractivity contribution in [1.82, 2.24) is 9.38 Å². The van der Waals surface area contributed by atoms with Gasteiger partial charge in [-0.2, -0.15) is 13.2 Å². The van der Waals surface area contributed by atoms with Gasteiger partial charge in [0, 0.05) is 17.5 Å². The highest BCUT2D eigenvalue weighted by atomic mass is 35.5. The molecule has 0 spiro atoms. The summed E-state index contributed by atoms with van der Waals surface area (Å²) >= 11 is 7.12. The molecule has 1 N–H and O–H groups in total. The van der Waals surface area contributed by atoms with Crippen molar-refractivity contribution >= 4 is 39.5 Å². The van der Waals surface area contributed by atoms with Crippen molar-refractivity contribution in [2.24, 2.45) is 0 Å². The second kappa shape index (κ2) is 7.20. The molecule has 2 aromatic carbocycles. The highest BCUT2D eigenvalue weighted by molar-refractivity contribution is 7.19. The minimum atomic E-state index is -4.53. The van der Waals surface area contributed by atoms with E-state index in [9.17, 15) is 18.0 Å². The van der Waals surface area contributed by atoms with Crippen LogP contribution >= 0.6 is 22.9 Å². The number of aromatic nitrogens is 2. The van der Waals surface area contributed by atoms with Gasteiger partial charge in [0.25, 0.3) is 5.91 Å². The number of fused-ring (bicyclic) bond motifs is 1. The Hall–Kier alpha value is -2.84. The number of amides is 1. The molecule has 4 nitrogen and oxygen atoms in total. The maximum Gasteiger partial charge on any atom is 0.416 e. The summed E-state index contributed by atoms with van der Waals surface area (Å²) in [5.41, 5.74) is 1.38. The van der Waals surface area contributed by atoms with Crippen LogP contribution in [0.5, 0.6) is 0 Å². The summed E-state index contributed by atoms with van der Waals surface area (Å²) < 4.78 is 40.6.